The van der Waals surface area contributed by atoms with Gasteiger partial charge < -0.3 is 5.73 Å². The summed E-state index contributed by atoms with van der Waals surface area (Å²) >= 11 is 0. The third-order valence-corrected chi connectivity index (χ3v) is 2.79. The quantitative estimate of drug-likeness (QED) is 0.864. The molecular weight excluding hydrogens is 227 g/mol. The summed E-state index contributed by atoms with van der Waals surface area (Å²) in [6.45, 7) is 5.12. The number of alkyl halides is 3. The number of benzene rings is 1. The van der Waals surface area contributed by atoms with E-state index in [9.17, 15) is 13.2 Å². The Labute approximate surface area is 99.8 Å². The number of rotatable bonds is 3. The third kappa shape index (κ3) is 3.22. The molecular formula is C13H18F3N. The molecule has 1 aromatic rings. The molecule has 0 fully saturated rings. The Morgan fingerprint density at radius 3 is 1.94 bits per heavy atom. The molecule has 4 heteroatoms. The van der Waals surface area contributed by atoms with Crippen LogP contribution in [0.3, 0.4) is 0 Å². The highest BCUT2D eigenvalue weighted by Crippen LogP contribution is 2.36. The van der Waals surface area contributed by atoms with Crippen LogP contribution in [0.4, 0.5) is 13.2 Å². The molecule has 0 aliphatic rings. The molecule has 17 heavy (non-hydrogen) atoms. The molecule has 0 aliphatic carbocycles. The Hall–Kier alpha value is -1.03. The van der Waals surface area contributed by atoms with E-state index >= 15 is 0 Å². The summed E-state index contributed by atoms with van der Waals surface area (Å²) in [5.41, 5.74) is 4.18. The standard InChI is InChI=1S/C13H18F3N/c1-9(2)8-10-4-6-11(7-5-10)12(3,17)13(14,15)16/h4-7,9H,8,17H2,1-3H3. The highest BCUT2D eigenvalue weighted by Gasteiger charge is 2.49. The van der Waals surface area contributed by atoms with Crippen molar-refractivity contribution in [1.29, 1.82) is 0 Å². The van der Waals surface area contributed by atoms with Crippen molar-refractivity contribution in [2.45, 2.75) is 38.9 Å². The van der Waals surface area contributed by atoms with Crippen LogP contribution in [0.1, 0.15) is 31.9 Å². The Morgan fingerprint density at radius 1 is 1.12 bits per heavy atom. The number of hydrogen-bond acceptors (Lipinski definition) is 1. The fraction of sp³-hybridized carbons (Fsp3) is 0.538. The molecule has 0 amide bonds. The van der Waals surface area contributed by atoms with E-state index in [0.717, 1.165) is 18.9 Å². The SMILES string of the molecule is CC(C)Cc1ccc(C(C)(N)C(F)(F)F)cc1. The maximum absolute atomic E-state index is 12.7. The smallest absolute Gasteiger partial charge is 0.314 e. The van der Waals surface area contributed by atoms with Gasteiger partial charge in [0.25, 0.3) is 0 Å². The monoisotopic (exact) mass is 245 g/mol. The summed E-state index contributed by atoms with van der Waals surface area (Å²) in [6, 6.07) is 6.36. The van der Waals surface area contributed by atoms with Crippen molar-refractivity contribution in [2.24, 2.45) is 11.7 Å². The molecule has 0 aromatic heterocycles. The van der Waals surface area contributed by atoms with E-state index in [1.54, 1.807) is 12.1 Å². The molecule has 1 rings (SSSR count). The maximum atomic E-state index is 12.7. The molecule has 2 N–H and O–H groups in total. The second kappa shape index (κ2) is 4.69. The van der Waals surface area contributed by atoms with Gasteiger partial charge in [-0.3, -0.25) is 0 Å². The van der Waals surface area contributed by atoms with Gasteiger partial charge in [-0.1, -0.05) is 38.1 Å². The van der Waals surface area contributed by atoms with Crippen LogP contribution in [0.2, 0.25) is 0 Å². The fourth-order valence-electron chi connectivity index (χ4n) is 1.62. The second-order valence-electron chi connectivity index (χ2n) is 5.00. The summed E-state index contributed by atoms with van der Waals surface area (Å²) in [6.07, 6.45) is -3.58. The van der Waals surface area contributed by atoms with Gasteiger partial charge in [-0.2, -0.15) is 13.2 Å². The van der Waals surface area contributed by atoms with E-state index in [1.165, 1.54) is 12.1 Å². The summed E-state index contributed by atoms with van der Waals surface area (Å²) in [5, 5.41) is 0. The topological polar surface area (TPSA) is 26.0 Å². The average molecular weight is 245 g/mol. The van der Waals surface area contributed by atoms with Crippen molar-refractivity contribution in [3.05, 3.63) is 35.4 Å². The summed E-state index contributed by atoms with van der Waals surface area (Å²) in [4.78, 5) is 0. The molecule has 0 spiro atoms. The minimum absolute atomic E-state index is 0.0949. The van der Waals surface area contributed by atoms with Crippen LogP contribution in [0.25, 0.3) is 0 Å². The number of hydrogen-bond donors (Lipinski definition) is 1. The lowest BCUT2D eigenvalue weighted by Crippen LogP contribution is -2.47. The molecule has 96 valence electrons. The van der Waals surface area contributed by atoms with E-state index in [4.69, 9.17) is 5.73 Å². The molecule has 1 aromatic carbocycles. The normalized spacial score (nSPS) is 16.0. The molecule has 0 radical (unpaired) electrons. The van der Waals surface area contributed by atoms with Crippen molar-refractivity contribution < 1.29 is 13.2 Å². The molecule has 0 saturated carbocycles. The molecule has 0 heterocycles. The molecule has 0 aliphatic heterocycles. The first-order chi connectivity index (χ1) is 7.64. The zero-order valence-corrected chi connectivity index (χ0v) is 10.3. The van der Waals surface area contributed by atoms with Crippen LogP contribution in [0.15, 0.2) is 24.3 Å². The third-order valence-electron chi connectivity index (χ3n) is 2.79. The number of nitrogens with two attached hydrogens (primary N) is 1. The predicted molar refractivity (Wildman–Crippen MR) is 62.6 cm³/mol. The van der Waals surface area contributed by atoms with E-state index in [-0.39, 0.29) is 5.56 Å². The highest BCUT2D eigenvalue weighted by atomic mass is 19.4. The second-order valence-corrected chi connectivity index (χ2v) is 5.00. The van der Waals surface area contributed by atoms with Crippen LogP contribution in [-0.2, 0) is 12.0 Å². The van der Waals surface area contributed by atoms with Crippen LogP contribution in [0, 0.1) is 5.92 Å². The van der Waals surface area contributed by atoms with Gasteiger partial charge in [-0.15, -0.1) is 0 Å². The molecule has 1 atom stereocenters. The first-order valence-corrected chi connectivity index (χ1v) is 5.59. The maximum Gasteiger partial charge on any atom is 0.410 e. The first kappa shape index (κ1) is 14.0. The van der Waals surface area contributed by atoms with Gasteiger partial charge >= 0.3 is 6.18 Å². The van der Waals surface area contributed by atoms with Gasteiger partial charge in [0.15, 0.2) is 0 Å². The van der Waals surface area contributed by atoms with E-state index in [2.05, 4.69) is 13.8 Å². The summed E-state index contributed by atoms with van der Waals surface area (Å²) < 4.78 is 38.1. The Morgan fingerprint density at radius 2 is 1.59 bits per heavy atom. The Bertz CT molecular complexity index is 363. The van der Waals surface area contributed by atoms with Gasteiger partial charge in [0.1, 0.15) is 5.54 Å². The summed E-state index contributed by atoms with van der Waals surface area (Å²) in [5.74, 6) is 0.479. The van der Waals surface area contributed by atoms with Crippen LogP contribution in [0.5, 0.6) is 0 Å². The Kier molecular flexibility index (Phi) is 3.87. The largest absolute Gasteiger partial charge is 0.410 e. The van der Waals surface area contributed by atoms with E-state index in [1.807, 2.05) is 0 Å². The molecule has 0 bridgehead atoms. The van der Waals surface area contributed by atoms with Crippen molar-refractivity contribution >= 4 is 0 Å². The van der Waals surface area contributed by atoms with Gasteiger partial charge in [0.05, 0.1) is 0 Å². The summed E-state index contributed by atoms with van der Waals surface area (Å²) in [7, 11) is 0. The van der Waals surface area contributed by atoms with Gasteiger partial charge in [-0.05, 0) is 30.4 Å². The minimum atomic E-state index is -4.44. The minimum Gasteiger partial charge on any atom is -0.314 e. The van der Waals surface area contributed by atoms with Crippen LogP contribution >= 0.6 is 0 Å². The van der Waals surface area contributed by atoms with Crippen molar-refractivity contribution in [3.63, 3.8) is 0 Å². The van der Waals surface area contributed by atoms with Gasteiger partial charge in [0, 0.05) is 0 Å². The van der Waals surface area contributed by atoms with Gasteiger partial charge in [-0.25, -0.2) is 0 Å². The Balaban J connectivity index is 2.95. The fourth-order valence-corrected chi connectivity index (χ4v) is 1.62. The zero-order valence-electron chi connectivity index (χ0n) is 10.3. The van der Waals surface area contributed by atoms with Crippen LogP contribution < -0.4 is 5.73 Å². The lowest BCUT2D eigenvalue weighted by molar-refractivity contribution is -0.184. The van der Waals surface area contributed by atoms with Crippen LogP contribution in [-0.4, -0.2) is 6.18 Å². The predicted octanol–water partition coefficient (Wildman–Crippen LogP) is 3.62. The lowest BCUT2D eigenvalue weighted by atomic mass is 9.91. The molecule has 1 unspecified atom stereocenters. The van der Waals surface area contributed by atoms with E-state index in [0.29, 0.717) is 5.92 Å². The van der Waals surface area contributed by atoms with E-state index < -0.39 is 11.7 Å². The number of halogens is 3. The van der Waals surface area contributed by atoms with Crippen molar-refractivity contribution in [3.8, 4) is 0 Å². The first-order valence-electron chi connectivity index (χ1n) is 5.59. The lowest BCUT2D eigenvalue weighted by Gasteiger charge is -2.28. The average Bonchev–Trinajstić information content (AvgIpc) is 2.15. The molecule has 1 nitrogen and oxygen atoms in total. The van der Waals surface area contributed by atoms with Gasteiger partial charge in [0.2, 0.25) is 0 Å². The van der Waals surface area contributed by atoms with Crippen molar-refractivity contribution in [1.82, 2.24) is 0 Å². The van der Waals surface area contributed by atoms with Crippen molar-refractivity contribution in [2.75, 3.05) is 0 Å². The zero-order chi connectivity index (χ0) is 13.3. The highest BCUT2D eigenvalue weighted by molar-refractivity contribution is 5.29. The molecule has 0 saturated heterocycles.